The number of hydrogen-bond acceptors (Lipinski definition) is 2. The number of rotatable bonds is 2. The molecule has 1 aliphatic rings. The fraction of sp³-hybridized carbons (Fsp3) is 0.389. The third-order valence-corrected chi connectivity index (χ3v) is 4.52. The zero-order chi connectivity index (χ0) is 14.8. The molecule has 1 fully saturated rings. The Morgan fingerprint density at radius 2 is 1.95 bits per heavy atom. The van der Waals surface area contributed by atoms with Crippen LogP contribution in [0.25, 0.3) is 10.8 Å². The van der Waals surface area contributed by atoms with E-state index in [1.165, 1.54) is 10.8 Å². The Kier molecular flexibility index (Phi) is 3.93. The normalized spacial score (nSPS) is 22.5. The molecule has 0 spiro atoms. The number of fused-ring (bicyclic) bond motifs is 1. The standard InChI is InChI=1S/C18H22N2O/c1-13-14(2)20(10-9-19-13)18(21)12-15-7-8-16-5-3-4-6-17(16)11-15/h3-8,11,13-14,19H,9-10,12H2,1-2H3. The summed E-state index contributed by atoms with van der Waals surface area (Å²) < 4.78 is 0. The van der Waals surface area contributed by atoms with E-state index >= 15 is 0 Å². The molecule has 0 aromatic heterocycles. The van der Waals surface area contributed by atoms with E-state index in [4.69, 9.17) is 0 Å². The highest BCUT2D eigenvalue weighted by Crippen LogP contribution is 2.17. The first-order valence-corrected chi connectivity index (χ1v) is 7.65. The second-order valence-electron chi connectivity index (χ2n) is 5.93. The number of nitrogens with one attached hydrogen (secondary N) is 1. The van der Waals surface area contributed by atoms with Crippen molar-refractivity contribution in [3.05, 3.63) is 48.0 Å². The molecule has 0 aliphatic carbocycles. The monoisotopic (exact) mass is 282 g/mol. The van der Waals surface area contributed by atoms with Crippen LogP contribution in [0.1, 0.15) is 19.4 Å². The minimum atomic E-state index is 0.228. The maximum absolute atomic E-state index is 12.6. The molecule has 1 amide bonds. The smallest absolute Gasteiger partial charge is 0.227 e. The summed E-state index contributed by atoms with van der Waals surface area (Å²) in [4.78, 5) is 14.6. The van der Waals surface area contributed by atoms with Gasteiger partial charge in [-0.1, -0.05) is 42.5 Å². The van der Waals surface area contributed by atoms with Gasteiger partial charge in [0.05, 0.1) is 6.42 Å². The summed E-state index contributed by atoms with van der Waals surface area (Å²) in [6.07, 6.45) is 0.488. The van der Waals surface area contributed by atoms with Gasteiger partial charge in [0.25, 0.3) is 0 Å². The first-order valence-electron chi connectivity index (χ1n) is 7.65. The third-order valence-electron chi connectivity index (χ3n) is 4.52. The molecule has 110 valence electrons. The van der Waals surface area contributed by atoms with Crippen LogP contribution in [0, 0.1) is 0 Å². The van der Waals surface area contributed by atoms with Gasteiger partial charge >= 0.3 is 0 Å². The molecule has 2 atom stereocenters. The Balaban J connectivity index is 1.76. The van der Waals surface area contributed by atoms with Gasteiger partial charge in [0.1, 0.15) is 0 Å². The van der Waals surface area contributed by atoms with Crippen LogP contribution in [0.2, 0.25) is 0 Å². The highest BCUT2D eigenvalue weighted by Gasteiger charge is 2.27. The van der Waals surface area contributed by atoms with E-state index in [2.05, 4.69) is 49.5 Å². The molecule has 0 saturated carbocycles. The number of nitrogens with zero attached hydrogens (tertiary/aromatic N) is 1. The Bertz CT molecular complexity index is 652. The quantitative estimate of drug-likeness (QED) is 0.918. The lowest BCUT2D eigenvalue weighted by Gasteiger charge is -2.38. The zero-order valence-corrected chi connectivity index (χ0v) is 12.7. The fourth-order valence-electron chi connectivity index (χ4n) is 3.03. The SMILES string of the molecule is CC1NCCN(C(=O)Cc2ccc3ccccc3c2)C1C. The zero-order valence-electron chi connectivity index (χ0n) is 12.7. The third kappa shape index (κ3) is 2.93. The van der Waals surface area contributed by atoms with Crippen molar-refractivity contribution in [1.82, 2.24) is 10.2 Å². The largest absolute Gasteiger partial charge is 0.337 e. The molecule has 1 aliphatic heterocycles. The lowest BCUT2D eigenvalue weighted by Crippen LogP contribution is -2.57. The molecule has 21 heavy (non-hydrogen) atoms. The molecule has 2 aromatic rings. The minimum Gasteiger partial charge on any atom is -0.337 e. The predicted molar refractivity (Wildman–Crippen MR) is 86.3 cm³/mol. The van der Waals surface area contributed by atoms with Gasteiger partial charge in [0.15, 0.2) is 0 Å². The number of amides is 1. The Morgan fingerprint density at radius 1 is 1.19 bits per heavy atom. The van der Waals surface area contributed by atoms with Gasteiger partial charge < -0.3 is 10.2 Å². The highest BCUT2D eigenvalue weighted by atomic mass is 16.2. The molecule has 2 aromatic carbocycles. The van der Waals surface area contributed by atoms with E-state index in [1.54, 1.807) is 0 Å². The topological polar surface area (TPSA) is 32.3 Å². The van der Waals surface area contributed by atoms with E-state index in [0.29, 0.717) is 12.5 Å². The summed E-state index contributed by atoms with van der Waals surface area (Å²) in [5.41, 5.74) is 1.09. The molecule has 3 rings (SSSR count). The Hall–Kier alpha value is -1.87. The maximum atomic E-state index is 12.6. The van der Waals surface area contributed by atoms with Gasteiger partial charge in [0.2, 0.25) is 5.91 Å². The second-order valence-corrected chi connectivity index (χ2v) is 5.93. The molecular weight excluding hydrogens is 260 g/mol. The summed E-state index contributed by atoms with van der Waals surface area (Å²) in [5, 5.41) is 5.83. The van der Waals surface area contributed by atoms with E-state index in [0.717, 1.165) is 18.7 Å². The van der Waals surface area contributed by atoms with Crippen molar-refractivity contribution in [1.29, 1.82) is 0 Å². The van der Waals surface area contributed by atoms with Crippen molar-refractivity contribution in [2.45, 2.75) is 32.4 Å². The number of piperazine rings is 1. The van der Waals surface area contributed by atoms with Crippen LogP contribution in [0.15, 0.2) is 42.5 Å². The summed E-state index contributed by atoms with van der Waals surface area (Å²) in [6, 6.07) is 15.2. The Morgan fingerprint density at radius 3 is 2.76 bits per heavy atom. The van der Waals surface area contributed by atoms with Crippen LogP contribution >= 0.6 is 0 Å². The molecule has 3 heteroatoms. The second kappa shape index (κ2) is 5.86. The molecule has 1 heterocycles. The first-order chi connectivity index (χ1) is 10.1. The molecule has 3 nitrogen and oxygen atoms in total. The molecule has 2 unspecified atom stereocenters. The van der Waals surface area contributed by atoms with Crippen molar-refractivity contribution in [2.75, 3.05) is 13.1 Å². The Labute approximate surface area is 125 Å². The van der Waals surface area contributed by atoms with Crippen molar-refractivity contribution in [3.8, 4) is 0 Å². The van der Waals surface area contributed by atoms with Gasteiger partial charge in [0, 0.05) is 25.2 Å². The summed E-state index contributed by atoms with van der Waals surface area (Å²) in [6.45, 7) is 5.95. The average molecular weight is 282 g/mol. The van der Waals surface area contributed by atoms with Crippen LogP contribution in [-0.4, -0.2) is 36.0 Å². The molecule has 1 N–H and O–H groups in total. The lowest BCUT2D eigenvalue weighted by atomic mass is 10.0. The van der Waals surface area contributed by atoms with Crippen LogP contribution in [0.4, 0.5) is 0 Å². The van der Waals surface area contributed by atoms with Gasteiger partial charge in [-0.25, -0.2) is 0 Å². The molecular formula is C18H22N2O. The predicted octanol–water partition coefficient (Wildman–Crippen LogP) is 2.59. The molecule has 1 saturated heterocycles. The lowest BCUT2D eigenvalue weighted by molar-refractivity contribution is -0.134. The number of hydrogen-bond donors (Lipinski definition) is 1. The van der Waals surface area contributed by atoms with Crippen LogP contribution in [0.5, 0.6) is 0 Å². The van der Waals surface area contributed by atoms with Crippen LogP contribution < -0.4 is 5.32 Å². The van der Waals surface area contributed by atoms with E-state index < -0.39 is 0 Å². The van der Waals surface area contributed by atoms with Gasteiger partial charge in [-0.15, -0.1) is 0 Å². The maximum Gasteiger partial charge on any atom is 0.227 e. The van der Waals surface area contributed by atoms with Crippen molar-refractivity contribution < 1.29 is 4.79 Å². The van der Waals surface area contributed by atoms with Crippen molar-refractivity contribution in [2.24, 2.45) is 0 Å². The fourth-order valence-corrected chi connectivity index (χ4v) is 3.03. The average Bonchev–Trinajstić information content (AvgIpc) is 2.50. The van der Waals surface area contributed by atoms with Gasteiger partial charge in [-0.2, -0.15) is 0 Å². The first kappa shape index (κ1) is 14.1. The molecule has 0 bridgehead atoms. The molecule has 0 radical (unpaired) electrons. The number of carbonyl (C=O) groups is 1. The summed E-state index contributed by atoms with van der Waals surface area (Å²) >= 11 is 0. The van der Waals surface area contributed by atoms with Gasteiger partial charge in [-0.05, 0) is 30.2 Å². The summed E-state index contributed by atoms with van der Waals surface area (Å²) in [5.74, 6) is 0.228. The summed E-state index contributed by atoms with van der Waals surface area (Å²) in [7, 11) is 0. The van der Waals surface area contributed by atoms with Crippen molar-refractivity contribution >= 4 is 16.7 Å². The number of carbonyl (C=O) groups excluding carboxylic acids is 1. The van der Waals surface area contributed by atoms with E-state index in [9.17, 15) is 4.79 Å². The van der Waals surface area contributed by atoms with E-state index in [-0.39, 0.29) is 11.9 Å². The van der Waals surface area contributed by atoms with Crippen LogP contribution in [-0.2, 0) is 11.2 Å². The van der Waals surface area contributed by atoms with Crippen molar-refractivity contribution in [3.63, 3.8) is 0 Å². The van der Waals surface area contributed by atoms with E-state index in [1.807, 2.05) is 17.0 Å². The number of benzene rings is 2. The van der Waals surface area contributed by atoms with Crippen LogP contribution in [0.3, 0.4) is 0 Å². The minimum absolute atomic E-state index is 0.228. The van der Waals surface area contributed by atoms with Gasteiger partial charge in [-0.3, -0.25) is 4.79 Å². The highest BCUT2D eigenvalue weighted by molar-refractivity contribution is 5.85.